The Kier molecular flexibility index (Phi) is 4.96. The molecule has 3 aromatic rings. The molecule has 1 amide bonds. The van der Waals surface area contributed by atoms with E-state index in [0.29, 0.717) is 28.5 Å². The third-order valence-corrected chi connectivity index (χ3v) is 4.33. The Bertz CT molecular complexity index is 1020. The van der Waals surface area contributed by atoms with Gasteiger partial charge in [0.2, 0.25) is 0 Å². The second kappa shape index (κ2) is 7.20. The van der Waals surface area contributed by atoms with Gasteiger partial charge in [0.1, 0.15) is 22.7 Å². The molecule has 0 fully saturated rings. The van der Waals surface area contributed by atoms with Crippen LogP contribution in [0.15, 0.2) is 40.8 Å². The summed E-state index contributed by atoms with van der Waals surface area (Å²) in [6.07, 6.45) is -1.42. The zero-order valence-corrected chi connectivity index (χ0v) is 14.8. The first kappa shape index (κ1) is 18.6. The first-order valence-electron chi connectivity index (χ1n) is 8.34. The minimum absolute atomic E-state index is 0.0102. The van der Waals surface area contributed by atoms with Gasteiger partial charge in [-0.25, -0.2) is 14.0 Å². The van der Waals surface area contributed by atoms with E-state index in [0.717, 1.165) is 5.56 Å². The van der Waals surface area contributed by atoms with E-state index in [1.54, 1.807) is 19.1 Å². The minimum Gasteiger partial charge on any atom is -0.455 e. The summed E-state index contributed by atoms with van der Waals surface area (Å²) in [5, 5.41) is 10.6. The fourth-order valence-corrected chi connectivity index (χ4v) is 3.00. The lowest BCUT2D eigenvalue weighted by molar-refractivity contribution is 0.0640. The van der Waals surface area contributed by atoms with Gasteiger partial charge in [0.15, 0.2) is 0 Å². The van der Waals surface area contributed by atoms with Gasteiger partial charge < -0.3 is 20.0 Å². The van der Waals surface area contributed by atoms with Crippen molar-refractivity contribution in [2.45, 2.75) is 26.4 Å². The molecule has 27 heavy (non-hydrogen) atoms. The van der Waals surface area contributed by atoms with Crippen LogP contribution in [0.5, 0.6) is 0 Å². The summed E-state index contributed by atoms with van der Waals surface area (Å²) < 4.78 is 23.6. The average Bonchev–Trinajstić information content (AvgIpc) is 2.98. The number of nitrogens with two attached hydrogens (primary N) is 1. The molecule has 0 aliphatic heterocycles. The van der Waals surface area contributed by atoms with Crippen molar-refractivity contribution < 1.29 is 28.2 Å². The number of carbonyl (C=O) groups is 2. The Morgan fingerprint density at radius 3 is 2.52 bits per heavy atom. The second-order valence-corrected chi connectivity index (χ2v) is 6.15. The van der Waals surface area contributed by atoms with E-state index in [-0.39, 0.29) is 11.3 Å². The summed E-state index contributed by atoms with van der Waals surface area (Å²) in [6, 6.07) is 8.67. The quantitative estimate of drug-likeness (QED) is 0.528. The van der Waals surface area contributed by atoms with Crippen molar-refractivity contribution >= 4 is 23.0 Å². The molecule has 7 heteroatoms. The van der Waals surface area contributed by atoms with Gasteiger partial charge in [0.05, 0.1) is 6.10 Å². The smallest absolute Gasteiger partial charge is 0.412 e. The summed E-state index contributed by atoms with van der Waals surface area (Å²) in [5.74, 6) is -1.29. The lowest BCUT2D eigenvalue weighted by Gasteiger charge is -2.11. The second-order valence-electron chi connectivity index (χ2n) is 6.15. The van der Waals surface area contributed by atoms with Crippen LogP contribution in [-0.4, -0.2) is 17.2 Å². The summed E-state index contributed by atoms with van der Waals surface area (Å²) in [5.41, 5.74) is 7.15. The Morgan fingerprint density at radius 1 is 1.26 bits per heavy atom. The van der Waals surface area contributed by atoms with Gasteiger partial charge >= 0.3 is 12.1 Å². The van der Waals surface area contributed by atoms with Gasteiger partial charge in [-0.2, -0.15) is 0 Å². The highest BCUT2D eigenvalue weighted by atomic mass is 19.1. The number of aryl methyl sites for hydroxylation is 1. The first-order valence-corrected chi connectivity index (χ1v) is 8.34. The number of amides is 1. The van der Waals surface area contributed by atoms with Crippen molar-refractivity contribution in [1.82, 2.24) is 0 Å². The van der Waals surface area contributed by atoms with Gasteiger partial charge in [-0.05, 0) is 60.9 Å². The molecule has 0 saturated carbocycles. The number of ether oxygens (including phenoxy) is 1. The van der Waals surface area contributed by atoms with Crippen LogP contribution in [0.3, 0.4) is 0 Å². The Morgan fingerprint density at radius 2 is 1.93 bits per heavy atom. The van der Waals surface area contributed by atoms with Crippen LogP contribution >= 0.6 is 0 Å². The maximum absolute atomic E-state index is 13.3. The number of benzene rings is 2. The number of hydrogen-bond donors (Lipinski definition) is 2. The number of aliphatic hydroxyl groups is 1. The molecule has 140 valence electrons. The van der Waals surface area contributed by atoms with Gasteiger partial charge in [-0.3, -0.25) is 0 Å². The highest BCUT2D eigenvalue weighted by Crippen LogP contribution is 2.37. The van der Waals surface area contributed by atoms with E-state index in [2.05, 4.69) is 4.74 Å². The van der Waals surface area contributed by atoms with Crippen molar-refractivity contribution in [3.05, 3.63) is 58.9 Å². The van der Waals surface area contributed by atoms with E-state index in [4.69, 9.17) is 10.2 Å². The number of fused-ring (bicyclic) bond motifs is 1. The summed E-state index contributed by atoms with van der Waals surface area (Å²) in [4.78, 5) is 23.5. The topological polar surface area (TPSA) is 103 Å². The number of furan rings is 1. The molecule has 1 aromatic heterocycles. The maximum Gasteiger partial charge on any atom is 0.412 e. The molecule has 1 unspecified atom stereocenters. The molecule has 0 bridgehead atoms. The number of carbonyl (C=O) groups excluding carboxylic acids is 2. The Hall–Kier alpha value is -3.19. The van der Waals surface area contributed by atoms with Crippen LogP contribution in [0, 0.1) is 12.7 Å². The van der Waals surface area contributed by atoms with E-state index < -0.39 is 24.0 Å². The Balaban J connectivity index is 2.27. The summed E-state index contributed by atoms with van der Waals surface area (Å²) in [6.45, 7) is 3.64. The number of esters is 1. The van der Waals surface area contributed by atoms with Gasteiger partial charge in [-0.15, -0.1) is 0 Å². The molecule has 6 nitrogen and oxygen atoms in total. The predicted octanol–water partition coefficient (Wildman–Crippen LogP) is 4.23. The van der Waals surface area contributed by atoms with Crippen LogP contribution in [0.25, 0.3) is 22.3 Å². The molecular weight excluding hydrogens is 353 g/mol. The Labute approximate surface area is 154 Å². The van der Waals surface area contributed by atoms with E-state index in [9.17, 15) is 19.1 Å². The van der Waals surface area contributed by atoms with Crippen LogP contribution in [0.2, 0.25) is 0 Å². The largest absolute Gasteiger partial charge is 0.455 e. The van der Waals surface area contributed by atoms with Crippen molar-refractivity contribution in [3.63, 3.8) is 0 Å². The number of primary amides is 1. The molecule has 3 rings (SSSR count). The SMILES string of the molecule is CCC(O)c1cc2oc(-c3ccc(F)cc3)c(C(=O)OC(N)=O)c2cc1C. The highest BCUT2D eigenvalue weighted by Gasteiger charge is 2.26. The fourth-order valence-electron chi connectivity index (χ4n) is 3.00. The van der Waals surface area contributed by atoms with E-state index >= 15 is 0 Å². The van der Waals surface area contributed by atoms with Crippen LogP contribution in [-0.2, 0) is 4.74 Å². The summed E-state index contributed by atoms with van der Waals surface area (Å²) >= 11 is 0. The van der Waals surface area contributed by atoms with Crippen molar-refractivity contribution in [2.24, 2.45) is 5.73 Å². The van der Waals surface area contributed by atoms with Gasteiger partial charge in [0.25, 0.3) is 0 Å². The van der Waals surface area contributed by atoms with E-state index in [1.807, 2.05) is 6.92 Å². The van der Waals surface area contributed by atoms with Crippen LogP contribution in [0.4, 0.5) is 9.18 Å². The fraction of sp³-hybridized carbons (Fsp3) is 0.200. The lowest BCUT2D eigenvalue weighted by atomic mass is 9.98. The lowest BCUT2D eigenvalue weighted by Crippen LogP contribution is -2.18. The minimum atomic E-state index is -1.24. The number of halogens is 1. The number of rotatable bonds is 4. The maximum atomic E-state index is 13.3. The van der Waals surface area contributed by atoms with Crippen LogP contribution in [0.1, 0.15) is 40.9 Å². The molecule has 3 N–H and O–H groups in total. The van der Waals surface area contributed by atoms with Crippen molar-refractivity contribution in [1.29, 1.82) is 0 Å². The number of aliphatic hydroxyl groups excluding tert-OH is 1. The molecule has 1 atom stereocenters. The molecule has 2 aromatic carbocycles. The first-order chi connectivity index (χ1) is 12.8. The third kappa shape index (κ3) is 3.54. The number of hydrogen-bond acceptors (Lipinski definition) is 5. The molecule has 0 radical (unpaired) electrons. The van der Waals surface area contributed by atoms with E-state index in [1.165, 1.54) is 24.3 Å². The van der Waals surface area contributed by atoms with Crippen molar-refractivity contribution in [3.8, 4) is 11.3 Å². The van der Waals surface area contributed by atoms with Crippen LogP contribution < -0.4 is 5.73 Å². The monoisotopic (exact) mass is 371 g/mol. The molecule has 0 aliphatic rings. The van der Waals surface area contributed by atoms with Gasteiger partial charge in [0, 0.05) is 10.9 Å². The molecule has 0 saturated heterocycles. The molecule has 0 spiro atoms. The van der Waals surface area contributed by atoms with Gasteiger partial charge in [-0.1, -0.05) is 6.92 Å². The molecule has 0 aliphatic carbocycles. The zero-order valence-electron chi connectivity index (χ0n) is 14.8. The molecule has 1 heterocycles. The molecular formula is C20H18FNO5. The standard InChI is InChI=1S/C20H18FNO5/c1-3-15(23)13-9-16-14(8-10(13)2)17(19(24)27-20(22)25)18(26-16)11-4-6-12(21)7-5-11/h4-9,15,23H,3H2,1-2H3,(H2,22,25). The predicted molar refractivity (Wildman–Crippen MR) is 96.6 cm³/mol. The third-order valence-electron chi connectivity index (χ3n) is 4.33. The zero-order chi connectivity index (χ0) is 19.7. The van der Waals surface area contributed by atoms with Crippen molar-refractivity contribution in [2.75, 3.05) is 0 Å². The normalized spacial score (nSPS) is 12.1. The highest BCUT2D eigenvalue weighted by molar-refractivity contribution is 6.11. The summed E-state index contributed by atoms with van der Waals surface area (Å²) in [7, 11) is 0. The average molecular weight is 371 g/mol.